The Labute approximate surface area is 82.2 Å². The van der Waals surface area contributed by atoms with Crippen LogP contribution in [-0.4, -0.2) is 5.78 Å². The summed E-state index contributed by atoms with van der Waals surface area (Å²) in [6.45, 7) is 6.06. The standard InChI is InChI=1S/C10H16O.C2H6/c1-2-6-10(11)9-7-4-3-5-8-9;1-2/h7H,2-6,8H2,1H3;1-2H3. The number of Topliss-reactive ketones (excluding diaryl/α,β-unsaturated/α-hetero) is 1. The summed E-state index contributed by atoms with van der Waals surface area (Å²) in [6, 6.07) is 0. The average Bonchev–Trinajstić information content (AvgIpc) is 2.23. The van der Waals surface area contributed by atoms with Crippen molar-refractivity contribution >= 4 is 5.78 Å². The number of hydrogen-bond acceptors (Lipinski definition) is 1. The molecule has 0 amide bonds. The molecule has 0 atom stereocenters. The van der Waals surface area contributed by atoms with E-state index in [0.29, 0.717) is 5.78 Å². The first-order valence-corrected chi connectivity index (χ1v) is 5.57. The number of rotatable bonds is 3. The first kappa shape index (κ1) is 12.4. The van der Waals surface area contributed by atoms with Gasteiger partial charge in [0.1, 0.15) is 0 Å². The van der Waals surface area contributed by atoms with E-state index < -0.39 is 0 Å². The van der Waals surface area contributed by atoms with E-state index in [9.17, 15) is 4.79 Å². The van der Waals surface area contributed by atoms with Crippen molar-refractivity contribution in [2.24, 2.45) is 0 Å². The van der Waals surface area contributed by atoms with Crippen LogP contribution in [0.4, 0.5) is 0 Å². The molecule has 0 saturated heterocycles. The molecule has 0 heterocycles. The molecule has 0 aromatic heterocycles. The molecule has 0 aromatic carbocycles. The summed E-state index contributed by atoms with van der Waals surface area (Å²) >= 11 is 0. The van der Waals surface area contributed by atoms with Gasteiger partial charge in [0.2, 0.25) is 0 Å². The van der Waals surface area contributed by atoms with Gasteiger partial charge in [-0.05, 0) is 37.7 Å². The Morgan fingerprint density at radius 3 is 2.54 bits per heavy atom. The zero-order valence-electron chi connectivity index (χ0n) is 9.23. The molecule has 76 valence electrons. The van der Waals surface area contributed by atoms with Crippen LogP contribution in [0, 0.1) is 0 Å². The minimum absolute atomic E-state index is 0.382. The van der Waals surface area contributed by atoms with Crippen LogP contribution in [-0.2, 0) is 4.79 Å². The Morgan fingerprint density at radius 1 is 1.38 bits per heavy atom. The van der Waals surface area contributed by atoms with Crippen LogP contribution in [0.2, 0.25) is 0 Å². The molecule has 0 radical (unpaired) electrons. The number of allylic oxidation sites excluding steroid dienone is 2. The zero-order chi connectivity index (χ0) is 10.1. The molecule has 0 N–H and O–H groups in total. The first-order chi connectivity index (χ1) is 6.34. The molecule has 13 heavy (non-hydrogen) atoms. The predicted octanol–water partition coefficient (Wildman–Crippen LogP) is 3.88. The van der Waals surface area contributed by atoms with Crippen molar-refractivity contribution < 1.29 is 4.79 Å². The summed E-state index contributed by atoms with van der Waals surface area (Å²) in [5, 5.41) is 0. The minimum Gasteiger partial charge on any atom is -0.295 e. The maximum atomic E-state index is 11.3. The number of carbonyl (C=O) groups is 1. The summed E-state index contributed by atoms with van der Waals surface area (Å²) < 4.78 is 0. The Hall–Kier alpha value is -0.590. The van der Waals surface area contributed by atoms with E-state index in [4.69, 9.17) is 0 Å². The van der Waals surface area contributed by atoms with Crippen LogP contribution in [0.15, 0.2) is 11.6 Å². The molecule has 1 rings (SSSR count). The second kappa shape index (κ2) is 8.03. The molecule has 0 bridgehead atoms. The third-order valence-electron chi connectivity index (χ3n) is 2.13. The van der Waals surface area contributed by atoms with Crippen molar-refractivity contribution in [3.8, 4) is 0 Å². The van der Waals surface area contributed by atoms with Gasteiger partial charge in [-0.2, -0.15) is 0 Å². The lowest BCUT2D eigenvalue weighted by Gasteiger charge is -2.10. The quantitative estimate of drug-likeness (QED) is 0.647. The molecule has 0 saturated carbocycles. The summed E-state index contributed by atoms with van der Waals surface area (Å²) in [4.78, 5) is 11.3. The molecule has 1 heteroatoms. The van der Waals surface area contributed by atoms with E-state index >= 15 is 0 Å². The second-order valence-electron chi connectivity index (χ2n) is 3.15. The fourth-order valence-corrected chi connectivity index (χ4v) is 1.48. The predicted molar refractivity (Wildman–Crippen MR) is 57.8 cm³/mol. The number of carbonyl (C=O) groups excluding carboxylic acids is 1. The molecule has 0 aliphatic heterocycles. The molecule has 0 unspecified atom stereocenters. The molecule has 0 fully saturated rings. The van der Waals surface area contributed by atoms with Crippen LogP contribution in [0.3, 0.4) is 0 Å². The van der Waals surface area contributed by atoms with Crippen molar-refractivity contribution in [3.63, 3.8) is 0 Å². The van der Waals surface area contributed by atoms with Crippen LogP contribution >= 0.6 is 0 Å². The van der Waals surface area contributed by atoms with Crippen LogP contribution in [0.1, 0.15) is 59.3 Å². The Morgan fingerprint density at radius 2 is 2.08 bits per heavy atom. The highest BCUT2D eigenvalue weighted by Gasteiger charge is 2.10. The van der Waals surface area contributed by atoms with Crippen LogP contribution in [0.25, 0.3) is 0 Å². The van der Waals surface area contributed by atoms with E-state index in [2.05, 4.69) is 13.0 Å². The topological polar surface area (TPSA) is 17.1 Å². The number of hydrogen-bond donors (Lipinski definition) is 0. The highest BCUT2D eigenvalue weighted by atomic mass is 16.1. The van der Waals surface area contributed by atoms with Gasteiger partial charge in [0.05, 0.1) is 0 Å². The van der Waals surface area contributed by atoms with Gasteiger partial charge in [-0.1, -0.05) is 26.8 Å². The fraction of sp³-hybridized carbons (Fsp3) is 0.750. The van der Waals surface area contributed by atoms with Crippen molar-refractivity contribution in [2.45, 2.75) is 59.3 Å². The van der Waals surface area contributed by atoms with E-state index in [1.165, 1.54) is 12.8 Å². The van der Waals surface area contributed by atoms with Gasteiger partial charge in [-0.25, -0.2) is 0 Å². The average molecular weight is 182 g/mol. The summed E-state index contributed by atoms with van der Waals surface area (Å²) in [5.74, 6) is 0.382. The lowest BCUT2D eigenvalue weighted by Crippen LogP contribution is -2.04. The van der Waals surface area contributed by atoms with Gasteiger partial charge in [0.25, 0.3) is 0 Å². The molecular weight excluding hydrogens is 160 g/mol. The van der Waals surface area contributed by atoms with Gasteiger partial charge < -0.3 is 0 Å². The summed E-state index contributed by atoms with van der Waals surface area (Å²) in [6.07, 6.45) is 8.47. The summed E-state index contributed by atoms with van der Waals surface area (Å²) in [7, 11) is 0. The van der Waals surface area contributed by atoms with Crippen molar-refractivity contribution in [1.82, 2.24) is 0 Å². The number of ketones is 1. The van der Waals surface area contributed by atoms with Gasteiger partial charge >= 0.3 is 0 Å². The van der Waals surface area contributed by atoms with Crippen molar-refractivity contribution in [2.75, 3.05) is 0 Å². The van der Waals surface area contributed by atoms with E-state index in [1.807, 2.05) is 13.8 Å². The van der Waals surface area contributed by atoms with E-state index in [1.54, 1.807) is 0 Å². The Kier molecular flexibility index (Phi) is 7.66. The maximum absolute atomic E-state index is 11.3. The van der Waals surface area contributed by atoms with Gasteiger partial charge in [-0.3, -0.25) is 4.79 Å². The molecular formula is C12H22O. The first-order valence-electron chi connectivity index (χ1n) is 5.57. The SMILES string of the molecule is CC.CCCC(=O)C1=CCCCC1. The van der Waals surface area contributed by atoms with Gasteiger partial charge in [0.15, 0.2) is 5.78 Å². The van der Waals surface area contributed by atoms with Gasteiger partial charge in [0, 0.05) is 6.42 Å². The van der Waals surface area contributed by atoms with E-state index in [0.717, 1.165) is 31.3 Å². The summed E-state index contributed by atoms with van der Waals surface area (Å²) in [5.41, 5.74) is 1.10. The molecule has 1 aliphatic rings. The third-order valence-corrected chi connectivity index (χ3v) is 2.13. The minimum atomic E-state index is 0.382. The fourth-order valence-electron chi connectivity index (χ4n) is 1.48. The highest BCUT2D eigenvalue weighted by Crippen LogP contribution is 2.19. The van der Waals surface area contributed by atoms with Gasteiger partial charge in [-0.15, -0.1) is 0 Å². The van der Waals surface area contributed by atoms with Crippen LogP contribution in [0.5, 0.6) is 0 Å². The monoisotopic (exact) mass is 182 g/mol. The largest absolute Gasteiger partial charge is 0.295 e. The lowest BCUT2D eigenvalue weighted by atomic mass is 9.95. The van der Waals surface area contributed by atoms with Crippen molar-refractivity contribution in [3.05, 3.63) is 11.6 Å². The maximum Gasteiger partial charge on any atom is 0.158 e. The normalized spacial score (nSPS) is 15.5. The molecule has 1 aliphatic carbocycles. The smallest absolute Gasteiger partial charge is 0.158 e. The van der Waals surface area contributed by atoms with Crippen LogP contribution < -0.4 is 0 Å². The second-order valence-corrected chi connectivity index (χ2v) is 3.15. The zero-order valence-corrected chi connectivity index (χ0v) is 9.23. The Balaban J connectivity index is 0.000000671. The lowest BCUT2D eigenvalue weighted by molar-refractivity contribution is -0.115. The highest BCUT2D eigenvalue weighted by molar-refractivity contribution is 5.95. The Bertz CT molecular complexity index is 168. The van der Waals surface area contributed by atoms with E-state index in [-0.39, 0.29) is 0 Å². The molecule has 1 nitrogen and oxygen atoms in total. The third kappa shape index (κ3) is 4.87. The van der Waals surface area contributed by atoms with Crippen molar-refractivity contribution in [1.29, 1.82) is 0 Å². The molecule has 0 spiro atoms. The molecule has 0 aromatic rings.